The van der Waals surface area contributed by atoms with Crippen molar-refractivity contribution in [3.8, 4) is 0 Å². The highest BCUT2D eigenvalue weighted by molar-refractivity contribution is 7.22. The summed E-state index contributed by atoms with van der Waals surface area (Å²) < 4.78 is 2.47. The van der Waals surface area contributed by atoms with Crippen molar-refractivity contribution in [2.45, 2.75) is 13.5 Å². The monoisotopic (exact) mass is 392 g/mol. The van der Waals surface area contributed by atoms with E-state index in [1.807, 2.05) is 36.4 Å². The van der Waals surface area contributed by atoms with Gasteiger partial charge in [0.15, 0.2) is 10.8 Å². The van der Waals surface area contributed by atoms with Crippen LogP contribution in [-0.4, -0.2) is 31.8 Å². The molecule has 8 nitrogen and oxygen atoms in total. The van der Waals surface area contributed by atoms with Crippen molar-refractivity contribution >= 4 is 44.2 Å². The van der Waals surface area contributed by atoms with Crippen LogP contribution in [0.1, 0.15) is 23.0 Å². The molecule has 140 valence electrons. The Hall–Kier alpha value is -3.59. The highest BCUT2D eigenvalue weighted by Crippen LogP contribution is 2.28. The molecule has 2 aromatic heterocycles. The second-order valence-electron chi connectivity index (χ2n) is 6.12. The molecule has 2 heterocycles. The first-order valence-electron chi connectivity index (χ1n) is 8.50. The maximum Gasteiger partial charge on any atom is 0.279 e. The van der Waals surface area contributed by atoms with Gasteiger partial charge in [0.1, 0.15) is 0 Å². The van der Waals surface area contributed by atoms with Crippen molar-refractivity contribution in [3.05, 3.63) is 66.0 Å². The molecular weight excluding hydrogens is 376 g/mol. The molecule has 0 unspecified atom stereocenters. The lowest BCUT2D eigenvalue weighted by molar-refractivity contribution is -0.114. The van der Waals surface area contributed by atoms with Crippen LogP contribution in [0.2, 0.25) is 0 Å². The largest absolute Gasteiger partial charge is 0.326 e. The van der Waals surface area contributed by atoms with Gasteiger partial charge in [-0.15, -0.1) is 5.10 Å². The van der Waals surface area contributed by atoms with Crippen molar-refractivity contribution < 1.29 is 9.59 Å². The molecule has 0 aliphatic heterocycles. The second kappa shape index (κ2) is 7.57. The molecule has 4 rings (SSSR count). The van der Waals surface area contributed by atoms with Crippen LogP contribution < -0.4 is 10.6 Å². The molecule has 0 spiro atoms. The van der Waals surface area contributed by atoms with Gasteiger partial charge >= 0.3 is 0 Å². The Kier molecular flexibility index (Phi) is 4.81. The maximum atomic E-state index is 12.5. The number of hydrogen-bond donors (Lipinski definition) is 2. The topological polar surface area (TPSA) is 102 Å². The normalized spacial score (nSPS) is 10.8. The zero-order chi connectivity index (χ0) is 19.5. The summed E-state index contributed by atoms with van der Waals surface area (Å²) in [5.74, 6) is -0.517. The van der Waals surface area contributed by atoms with Gasteiger partial charge in [-0.2, -0.15) is 0 Å². The number of rotatable bonds is 5. The second-order valence-corrected chi connectivity index (χ2v) is 7.15. The zero-order valence-electron chi connectivity index (χ0n) is 14.9. The number of anilines is 2. The fraction of sp³-hybridized carbons (Fsp3) is 0.105. The van der Waals surface area contributed by atoms with Gasteiger partial charge < -0.3 is 5.32 Å². The zero-order valence-corrected chi connectivity index (χ0v) is 15.7. The van der Waals surface area contributed by atoms with E-state index in [1.54, 1.807) is 23.0 Å². The average Bonchev–Trinajstić information content (AvgIpc) is 3.28. The summed E-state index contributed by atoms with van der Waals surface area (Å²) in [4.78, 5) is 28.0. The van der Waals surface area contributed by atoms with E-state index in [9.17, 15) is 9.59 Å². The summed E-state index contributed by atoms with van der Waals surface area (Å²) in [5, 5.41) is 13.9. The molecule has 0 atom stereocenters. The fourth-order valence-electron chi connectivity index (χ4n) is 2.67. The van der Waals surface area contributed by atoms with Gasteiger partial charge in [0.2, 0.25) is 5.91 Å². The van der Waals surface area contributed by atoms with Crippen molar-refractivity contribution in [3.63, 3.8) is 0 Å². The molecule has 0 saturated heterocycles. The summed E-state index contributed by atoms with van der Waals surface area (Å²) in [6, 6.07) is 15.2. The summed E-state index contributed by atoms with van der Waals surface area (Å²) in [6.07, 6.45) is 1.60. The Bertz CT molecular complexity index is 1150. The number of nitrogens with zero attached hydrogens (tertiary/aromatic N) is 4. The Labute approximate surface area is 164 Å². The Morgan fingerprint density at radius 3 is 2.71 bits per heavy atom. The first-order chi connectivity index (χ1) is 13.6. The predicted molar refractivity (Wildman–Crippen MR) is 107 cm³/mol. The first kappa shape index (κ1) is 17.8. The standard InChI is InChI=1S/C19H16N6O2S/c1-12(26)20-14-7-8-15-17(9-14)28-19(21-15)22-18(27)16-11-25(24-23-16)10-13-5-3-2-4-6-13/h2-9,11H,10H2,1H3,(H,20,26)(H,21,22,27). The summed E-state index contributed by atoms with van der Waals surface area (Å²) in [6.45, 7) is 1.99. The van der Waals surface area contributed by atoms with Gasteiger partial charge in [-0.3, -0.25) is 14.9 Å². The number of thiazole rings is 1. The van der Waals surface area contributed by atoms with Gasteiger partial charge in [0.25, 0.3) is 5.91 Å². The molecule has 0 fully saturated rings. The molecule has 0 saturated carbocycles. The Balaban J connectivity index is 1.46. The molecular formula is C19H16N6O2S. The van der Waals surface area contributed by atoms with E-state index in [2.05, 4.69) is 25.9 Å². The number of aromatic nitrogens is 4. The molecule has 0 aliphatic carbocycles. The Morgan fingerprint density at radius 1 is 1.11 bits per heavy atom. The minimum atomic E-state index is -0.375. The molecule has 28 heavy (non-hydrogen) atoms. The van der Waals surface area contributed by atoms with Crippen LogP contribution in [0, 0.1) is 0 Å². The quantitative estimate of drug-likeness (QED) is 0.543. The van der Waals surface area contributed by atoms with Gasteiger partial charge in [-0.25, -0.2) is 9.67 Å². The van der Waals surface area contributed by atoms with Crippen molar-refractivity contribution in [1.29, 1.82) is 0 Å². The summed E-state index contributed by atoms with van der Waals surface area (Å²) in [5.41, 5.74) is 2.71. The number of hydrogen-bond acceptors (Lipinski definition) is 6. The molecule has 2 amide bonds. The summed E-state index contributed by atoms with van der Waals surface area (Å²) >= 11 is 1.32. The van der Waals surface area contributed by atoms with E-state index >= 15 is 0 Å². The number of amides is 2. The van der Waals surface area contributed by atoms with E-state index in [0.717, 1.165) is 15.8 Å². The fourth-order valence-corrected chi connectivity index (χ4v) is 3.57. The van der Waals surface area contributed by atoms with Crippen LogP contribution in [0.25, 0.3) is 10.2 Å². The first-order valence-corrected chi connectivity index (χ1v) is 9.32. The van der Waals surface area contributed by atoms with Crippen LogP contribution in [-0.2, 0) is 11.3 Å². The number of fused-ring (bicyclic) bond motifs is 1. The number of nitrogens with one attached hydrogen (secondary N) is 2. The minimum Gasteiger partial charge on any atom is -0.326 e. The number of benzene rings is 2. The van der Waals surface area contributed by atoms with Crippen molar-refractivity contribution in [2.75, 3.05) is 10.6 Å². The Morgan fingerprint density at radius 2 is 1.93 bits per heavy atom. The van der Waals surface area contributed by atoms with Gasteiger partial charge in [-0.05, 0) is 23.8 Å². The SMILES string of the molecule is CC(=O)Nc1ccc2nc(NC(=O)c3cn(Cc4ccccc4)nn3)sc2c1. The highest BCUT2D eigenvalue weighted by atomic mass is 32.1. The van der Waals surface area contributed by atoms with Crippen LogP contribution in [0.4, 0.5) is 10.8 Å². The third-order valence-electron chi connectivity index (χ3n) is 3.89. The van der Waals surface area contributed by atoms with Crippen molar-refractivity contribution in [1.82, 2.24) is 20.0 Å². The average molecular weight is 392 g/mol. The van der Waals surface area contributed by atoms with Crippen molar-refractivity contribution in [2.24, 2.45) is 0 Å². The maximum absolute atomic E-state index is 12.5. The van der Waals surface area contributed by atoms with Gasteiger partial charge in [0.05, 0.1) is 23.0 Å². The van der Waals surface area contributed by atoms with E-state index in [0.29, 0.717) is 17.4 Å². The highest BCUT2D eigenvalue weighted by Gasteiger charge is 2.14. The van der Waals surface area contributed by atoms with E-state index in [1.165, 1.54) is 18.3 Å². The lowest BCUT2D eigenvalue weighted by Crippen LogP contribution is -2.12. The molecule has 0 aliphatic rings. The van der Waals surface area contributed by atoms with E-state index in [4.69, 9.17) is 0 Å². The molecule has 0 bridgehead atoms. The molecule has 4 aromatic rings. The van der Waals surface area contributed by atoms with E-state index in [-0.39, 0.29) is 17.5 Å². The molecule has 2 N–H and O–H groups in total. The third kappa shape index (κ3) is 4.04. The number of carbonyl (C=O) groups is 2. The van der Waals surface area contributed by atoms with Gasteiger partial charge in [0, 0.05) is 12.6 Å². The molecule has 2 aromatic carbocycles. The van der Waals surface area contributed by atoms with Crippen LogP contribution in [0.5, 0.6) is 0 Å². The lowest BCUT2D eigenvalue weighted by Gasteiger charge is -1.99. The smallest absolute Gasteiger partial charge is 0.279 e. The summed E-state index contributed by atoms with van der Waals surface area (Å²) in [7, 11) is 0. The van der Waals surface area contributed by atoms with Crippen LogP contribution in [0.3, 0.4) is 0 Å². The predicted octanol–water partition coefficient (Wildman–Crippen LogP) is 3.15. The third-order valence-corrected chi connectivity index (χ3v) is 4.82. The van der Waals surface area contributed by atoms with Crippen LogP contribution in [0.15, 0.2) is 54.7 Å². The lowest BCUT2D eigenvalue weighted by atomic mass is 10.2. The molecule has 9 heteroatoms. The minimum absolute atomic E-state index is 0.143. The molecule has 0 radical (unpaired) electrons. The van der Waals surface area contributed by atoms with E-state index < -0.39 is 0 Å². The number of carbonyl (C=O) groups excluding carboxylic acids is 2. The van der Waals surface area contributed by atoms with Crippen LogP contribution >= 0.6 is 11.3 Å². The van der Waals surface area contributed by atoms with Gasteiger partial charge in [-0.1, -0.05) is 46.9 Å².